The highest BCUT2D eigenvalue weighted by molar-refractivity contribution is 14.1. The van der Waals surface area contributed by atoms with Gasteiger partial charge in [0.15, 0.2) is 11.5 Å². The van der Waals surface area contributed by atoms with E-state index in [1.807, 2.05) is 24.3 Å². The van der Waals surface area contributed by atoms with Crippen LogP contribution in [-0.2, 0) is 6.54 Å². The lowest BCUT2D eigenvalue weighted by Gasteiger charge is -2.13. The minimum absolute atomic E-state index is 0.695. The van der Waals surface area contributed by atoms with Crippen LogP contribution in [-0.4, -0.2) is 14.2 Å². The molecule has 0 heterocycles. The summed E-state index contributed by atoms with van der Waals surface area (Å²) < 4.78 is 11.9. The third-order valence-corrected chi connectivity index (χ3v) is 3.46. The summed E-state index contributed by atoms with van der Waals surface area (Å²) in [6, 6.07) is 14.1. The fourth-order valence-electron chi connectivity index (χ4n) is 1.89. The number of rotatable bonds is 5. The molecule has 0 saturated carbocycles. The van der Waals surface area contributed by atoms with Crippen molar-refractivity contribution in [3.8, 4) is 11.5 Å². The van der Waals surface area contributed by atoms with Gasteiger partial charge in [0.25, 0.3) is 0 Å². The van der Waals surface area contributed by atoms with Gasteiger partial charge in [-0.25, -0.2) is 0 Å². The average molecular weight is 369 g/mol. The molecule has 0 radical (unpaired) electrons. The molecule has 0 amide bonds. The van der Waals surface area contributed by atoms with Gasteiger partial charge in [-0.3, -0.25) is 0 Å². The van der Waals surface area contributed by atoms with Crippen LogP contribution >= 0.6 is 22.6 Å². The number of benzene rings is 2. The Hall–Kier alpha value is -1.43. The van der Waals surface area contributed by atoms with Crippen molar-refractivity contribution in [2.45, 2.75) is 6.54 Å². The molecule has 2 aromatic rings. The first-order chi connectivity index (χ1) is 9.24. The summed E-state index contributed by atoms with van der Waals surface area (Å²) in [6.45, 7) is 0.695. The van der Waals surface area contributed by atoms with Gasteiger partial charge in [-0.15, -0.1) is 0 Å². The zero-order valence-electron chi connectivity index (χ0n) is 10.9. The number of ether oxygens (including phenoxy) is 2. The van der Waals surface area contributed by atoms with Crippen molar-refractivity contribution < 1.29 is 9.47 Å². The predicted octanol–water partition coefficient (Wildman–Crippen LogP) is 3.92. The molecule has 4 heteroatoms. The number of hydrogen-bond donors (Lipinski definition) is 1. The Morgan fingerprint density at radius 3 is 2.53 bits per heavy atom. The molecule has 19 heavy (non-hydrogen) atoms. The third kappa shape index (κ3) is 3.53. The van der Waals surface area contributed by atoms with Crippen LogP contribution in [0.15, 0.2) is 42.5 Å². The second kappa shape index (κ2) is 6.65. The van der Waals surface area contributed by atoms with Crippen molar-refractivity contribution in [3.05, 3.63) is 51.6 Å². The summed E-state index contributed by atoms with van der Waals surface area (Å²) in [4.78, 5) is 0. The molecule has 0 aromatic heterocycles. The Kier molecular flexibility index (Phi) is 4.90. The van der Waals surface area contributed by atoms with Crippen molar-refractivity contribution in [1.82, 2.24) is 0 Å². The van der Waals surface area contributed by atoms with Crippen LogP contribution in [0.25, 0.3) is 0 Å². The smallest absolute Gasteiger partial charge is 0.165 e. The zero-order valence-corrected chi connectivity index (χ0v) is 13.1. The van der Waals surface area contributed by atoms with Crippen LogP contribution in [0.1, 0.15) is 5.56 Å². The number of halogens is 1. The summed E-state index contributed by atoms with van der Waals surface area (Å²) >= 11 is 2.30. The Morgan fingerprint density at radius 1 is 1.05 bits per heavy atom. The van der Waals surface area contributed by atoms with Crippen molar-refractivity contribution in [3.63, 3.8) is 0 Å². The molecule has 2 aromatic carbocycles. The Morgan fingerprint density at radius 2 is 1.84 bits per heavy atom. The van der Waals surface area contributed by atoms with Crippen molar-refractivity contribution >= 4 is 28.3 Å². The molecular formula is C15H16INO2. The highest BCUT2D eigenvalue weighted by atomic mass is 127. The Labute approximate surface area is 127 Å². The largest absolute Gasteiger partial charge is 0.493 e. The van der Waals surface area contributed by atoms with E-state index in [4.69, 9.17) is 9.47 Å². The molecule has 0 fully saturated rings. The van der Waals surface area contributed by atoms with E-state index in [2.05, 4.69) is 46.1 Å². The van der Waals surface area contributed by atoms with E-state index in [-0.39, 0.29) is 0 Å². The second-order valence-electron chi connectivity index (χ2n) is 4.02. The maximum Gasteiger partial charge on any atom is 0.165 e. The number of hydrogen-bond acceptors (Lipinski definition) is 3. The van der Waals surface area contributed by atoms with Gasteiger partial charge < -0.3 is 14.8 Å². The first-order valence-corrected chi connectivity index (χ1v) is 7.01. The summed E-state index contributed by atoms with van der Waals surface area (Å²) in [6.07, 6.45) is 0. The van der Waals surface area contributed by atoms with Gasteiger partial charge in [0.05, 0.1) is 14.2 Å². The van der Waals surface area contributed by atoms with E-state index in [9.17, 15) is 0 Å². The predicted molar refractivity (Wildman–Crippen MR) is 86.0 cm³/mol. The molecule has 2 rings (SSSR count). The molecule has 0 bridgehead atoms. The van der Waals surface area contributed by atoms with Gasteiger partial charge in [0, 0.05) is 21.4 Å². The van der Waals surface area contributed by atoms with Crippen LogP contribution in [0.2, 0.25) is 0 Å². The van der Waals surface area contributed by atoms with Crippen LogP contribution in [0, 0.1) is 3.57 Å². The highest BCUT2D eigenvalue weighted by Gasteiger charge is 2.08. The fourth-order valence-corrected chi connectivity index (χ4v) is 2.43. The van der Waals surface area contributed by atoms with E-state index < -0.39 is 0 Å². The molecule has 0 saturated heterocycles. The number of methoxy groups -OCH3 is 2. The van der Waals surface area contributed by atoms with Gasteiger partial charge in [-0.2, -0.15) is 0 Å². The van der Waals surface area contributed by atoms with Gasteiger partial charge >= 0.3 is 0 Å². The topological polar surface area (TPSA) is 30.5 Å². The summed E-state index contributed by atoms with van der Waals surface area (Å²) in [5, 5.41) is 3.39. The lowest BCUT2D eigenvalue weighted by Crippen LogP contribution is -2.03. The number of nitrogens with one attached hydrogen (secondary N) is 1. The van der Waals surface area contributed by atoms with Gasteiger partial charge in [-0.05, 0) is 46.9 Å². The second-order valence-corrected chi connectivity index (χ2v) is 5.26. The maximum absolute atomic E-state index is 5.41. The third-order valence-electron chi connectivity index (χ3n) is 2.79. The highest BCUT2D eigenvalue weighted by Crippen LogP contribution is 2.31. The molecule has 0 aliphatic carbocycles. The quantitative estimate of drug-likeness (QED) is 0.811. The first-order valence-electron chi connectivity index (χ1n) is 5.94. The molecule has 100 valence electrons. The maximum atomic E-state index is 5.41. The first kappa shape index (κ1) is 14.0. The van der Waals surface area contributed by atoms with E-state index >= 15 is 0 Å². The fraction of sp³-hybridized carbons (Fsp3) is 0.200. The summed E-state index contributed by atoms with van der Waals surface area (Å²) in [5.74, 6) is 1.53. The van der Waals surface area contributed by atoms with Crippen LogP contribution in [0.4, 0.5) is 5.69 Å². The van der Waals surface area contributed by atoms with Gasteiger partial charge in [0.2, 0.25) is 0 Å². The standard InChI is InChI=1S/C15H16INO2/c1-18-14-8-3-5-11(15(14)19-2)10-17-13-7-4-6-12(16)9-13/h3-9,17H,10H2,1-2H3. The molecule has 1 N–H and O–H groups in total. The monoisotopic (exact) mass is 369 g/mol. The minimum Gasteiger partial charge on any atom is -0.493 e. The molecule has 0 atom stereocenters. The number of para-hydroxylation sites is 1. The number of anilines is 1. The average Bonchev–Trinajstić information content (AvgIpc) is 2.44. The van der Waals surface area contributed by atoms with Gasteiger partial charge in [0.1, 0.15) is 0 Å². The van der Waals surface area contributed by atoms with Crippen molar-refractivity contribution in [2.24, 2.45) is 0 Å². The molecule has 0 aliphatic rings. The lowest BCUT2D eigenvalue weighted by molar-refractivity contribution is 0.352. The minimum atomic E-state index is 0.695. The summed E-state index contributed by atoms with van der Waals surface area (Å²) in [5.41, 5.74) is 2.16. The van der Waals surface area contributed by atoms with Crippen LogP contribution < -0.4 is 14.8 Å². The lowest BCUT2D eigenvalue weighted by atomic mass is 10.1. The molecular weight excluding hydrogens is 353 g/mol. The molecule has 0 spiro atoms. The Bertz CT molecular complexity index is 558. The van der Waals surface area contributed by atoms with E-state index in [1.54, 1.807) is 14.2 Å². The van der Waals surface area contributed by atoms with Crippen molar-refractivity contribution in [2.75, 3.05) is 19.5 Å². The molecule has 0 unspecified atom stereocenters. The Balaban J connectivity index is 2.15. The van der Waals surface area contributed by atoms with Gasteiger partial charge in [-0.1, -0.05) is 18.2 Å². The van der Waals surface area contributed by atoms with E-state index in [0.29, 0.717) is 6.54 Å². The van der Waals surface area contributed by atoms with E-state index in [1.165, 1.54) is 3.57 Å². The SMILES string of the molecule is COc1cccc(CNc2cccc(I)c2)c1OC. The van der Waals surface area contributed by atoms with Crippen LogP contribution in [0.3, 0.4) is 0 Å². The zero-order chi connectivity index (χ0) is 13.7. The molecule has 0 aliphatic heterocycles. The summed E-state index contributed by atoms with van der Waals surface area (Å²) in [7, 11) is 3.31. The normalized spacial score (nSPS) is 10.1. The van der Waals surface area contributed by atoms with Crippen LogP contribution in [0.5, 0.6) is 11.5 Å². The van der Waals surface area contributed by atoms with Crippen molar-refractivity contribution in [1.29, 1.82) is 0 Å². The molecule has 3 nitrogen and oxygen atoms in total. The van der Waals surface area contributed by atoms with E-state index in [0.717, 1.165) is 22.7 Å².